The molecule has 0 saturated heterocycles. The lowest BCUT2D eigenvalue weighted by molar-refractivity contribution is 0.623. The van der Waals surface area contributed by atoms with Gasteiger partial charge in [0.25, 0.3) is 0 Å². The van der Waals surface area contributed by atoms with Crippen molar-refractivity contribution in [1.82, 2.24) is 4.48 Å². The molecule has 3 rings (SSSR count). The molecule has 1 aromatic heterocycles. The highest BCUT2D eigenvalue weighted by Crippen LogP contribution is 2.41. The van der Waals surface area contributed by atoms with E-state index in [-0.39, 0.29) is 0 Å². The van der Waals surface area contributed by atoms with Crippen LogP contribution in [-0.4, -0.2) is 17.6 Å². The zero-order valence-corrected chi connectivity index (χ0v) is 18.0. The van der Waals surface area contributed by atoms with Gasteiger partial charge in [-0.15, -0.1) is 0 Å². The van der Waals surface area contributed by atoms with Gasteiger partial charge in [0.1, 0.15) is 0 Å². The van der Waals surface area contributed by atoms with Crippen molar-refractivity contribution in [3.8, 4) is 0 Å². The molecule has 0 amide bonds. The van der Waals surface area contributed by atoms with E-state index in [0.717, 1.165) is 37.1 Å². The molecule has 7 heteroatoms. The van der Waals surface area contributed by atoms with Crippen molar-refractivity contribution >= 4 is 50.5 Å². The molecule has 0 radical (unpaired) electrons. The number of hydrogen-bond donors (Lipinski definition) is 0. The van der Waals surface area contributed by atoms with Crippen LogP contribution in [0, 0.1) is 13.8 Å². The summed E-state index contributed by atoms with van der Waals surface area (Å²) in [7, 11) is -2.64. The zero-order chi connectivity index (χ0) is 19.2. The lowest BCUT2D eigenvalue weighted by Gasteiger charge is -2.16. The Morgan fingerprint density at radius 1 is 1.04 bits per heavy atom. The van der Waals surface area contributed by atoms with Crippen molar-refractivity contribution in [2.24, 2.45) is 4.99 Å². The van der Waals surface area contributed by atoms with Crippen molar-refractivity contribution in [1.29, 1.82) is 0 Å². The Kier molecular flexibility index (Phi) is 5.40. The molecule has 0 unspecified atom stereocenters. The second-order valence-corrected chi connectivity index (χ2v) is 7.83. The Bertz CT molecular complexity index is 973. The van der Waals surface area contributed by atoms with Crippen LogP contribution in [-0.2, 0) is 0 Å². The van der Waals surface area contributed by atoms with Crippen LogP contribution < -0.4 is 0 Å². The van der Waals surface area contributed by atoms with Crippen LogP contribution >= 0.6 is 31.9 Å². The number of hydrogen-bond acceptors (Lipinski definition) is 1. The fraction of sp³-hybridized carbons (Fsp3) is 0.211. The molecule has 0 atom stereocenters. The highest BCUT2D eigenvalue weighted by molar-refractivity contribution is 9.12. The number of rotatable bonds is 3. The number of halogens is 4. The quantitative estimate of drug-likeness (QED) is 0.443. The lowest BCUT2D eigenvalue weighted by atomic mass is 9.95. The molecule has 2 heterocycles. The normalized spacial score (nSPS) is 16.2. The first kappa shape index (κ1) is 19.3. The average Bonchev–Trinajstić information content (AvgIpc) is 2.99. The smallest absolute Gasteiger partial charge is 0.328 e. The molecular weight excluding hydrogens is 465 g/mol. The standard InChI is InChI=1S/C19H17BBr2F2N2/c1-10-16(21)12(3)25-18(10)15(14-8-6-5-7-9-14)19-11(2)17(22)13(4)26(19)20(23)24/h5-9H,1-4H3/b18-15-. The van der Waals surface area contributed by atoms with Gasteiger partial charge in [0.2, 0.25) is 0 Å². The SMILES string of the molecule is CC1=N/C(=C(/c2ccccc2)c2c(C)c(Br)c(C)n2B(F)F)C(C)=C1Br. The first-order valence-corrected chi connectivity index (χ1v) is 9.71. The van der Waals surface area contributed by atoms with Gasteiger partial charge in [0.15, 0.2) is 0 Å². The number of aliphatic imine (C=N–C) groups is 1. The maximum atomic E-state index is 14.0. The summed E-state index contributed by atoms with van der Waals surface area (Å²) in [5, 5.41) is 0. The molecule has 26 heavy (non-hydrogen) atoms. The van der Waals surface area contributed by atoms with Gasteiger partial charge in [-0.05, 0) is 76.3 Å². The minimum absolute atomic E-state index is 0.490. The van der Waals surface area contributed by atoms with E-state index >= 15 is 0 Å². The van der Waals surface area contributed by atoms with E-state index in [1.54, 1.807) is 6.92 Å². The van der Waals surface area contributed by atoms with E-state index < -0.39 is 7.40 Å². The summed E-state index contributed by atoms with van der Waals surface area (Å²) < 4.78 is 30.6. The second kappa shape index (κ2) is 7.27. The summed E-state index contributed by atoms with van der Waals surface area (Å²) in [5.41, 5.74) is 5.84. The van der Waals surface area contributed by atoms with E-state index in [1.165, 1.54) is 0 Å². The fourth-order valence-electron chi connectivity index (χ4n) is 3.29. The Labute approximate surface area is 169 Å². The van der Waals surface area contributed by atoms with Crippen LogP contribution in [0.4, 0.5) is 8.63 Å². The van der Waals surface area contributed by atoms with Crippen molar-refractivity contribution in [3.63, 3.8) is 0 Å². The Morgan fingerprint density at radius 3 is 2.15 bits per heavy atom. The molecular formula is C19H17BBr2F2N2. The first-order chi connectivity index (χ1) is 12.3. The monoisotopic (exact) mass is 480 g/mol. The highest BCUT2D eigenvalue weighted by Gasteiger charge is 2.32. The van der Waals surface area contributed by atoms with Crippen molar-refractivity contribution < 1.29 is 8.63 Å². The van der Waals surface area contributed by atoms with Crippen molar-refractivity contribution in [2.75, 3.05) is 0 Å². The van der Waals surface area contributed by atoms with Gasteiger partial charge >= 0.3 is 7.40 Å². The Balaban J connectivity index is 2.46. The summed E-state index contributed by atoms with van der Waals surface area (Å²) in [5.74, 6) is 0. The van der Waals surface area contributed by atoms with Crippen LogP contribution in [0.3, 0.4) is 0 Å². The maximum Gasteiger partial charge on any atom is 0.677 e. The molecule has 134 valence electrons. The molecule has 0 N–H and O–H groups in total. The largest absolute Gasteiger partial charge is 0.677 e. The molecule has 0 saturated carbocycles. The number of nitrogens with zero attached hydrogens (tertiary/aromatic N) is 2. The maximum absolute atomic E-state index is 14.0. The van der Waals surface area contributed by atoms with Crippen LogP contribution in [0.5, 0.6) is 0 Å². The first-order valence-electron chi connectivity index (χ1n) is 8.13. The van der Waals surface area contributed by atoms with Gasteiger partial charge < -0.3 is 4.48 Å². The minimum Gasteiger partial charge on any atom is -0.328 e. The molecule has 0 spiro atoms. The molecule has 2 nitrogen and oxygen atoms in total. The number of benzene rings is 1. The van der Waals surface area contributed by atoms with E-state index in [2.05, 4.69) is 36.9 Å². The third kappa shape index (κ3) is 3.05. The van der Waals surface area contributed by atoms with Crippen LogP contribution in [0.15, 0.2) is 55.5 Å². The van der Waals surface area contributed by atoms with Gasteiger partial charge in [-0.1, -0.05) is 30.3 Å². The number of allylic oxidation sites excluding steroid dienone is 2. The summed E-state index contributed by atoms with van der Waals surface area (Å²) in [6.45, 7) is 7.41. The molecule has 0 aliphatic carbocycles. The molecule has 0 bridgehead atoms. The summed E-state index contributed by atoms with van der Waals surface area (Å²) in [6, 6.07) is 9.58. The molecule has 1 aliphatic rings. The van der Waals surface area contributed by atoms with Gasteiger partial charge in [0, 0.05) is 25.9 Å². The molecule has 0 fully saturated rings. The fourth-order valence-corrected chi connectivity index (χ4v) is 3.95. The van der Waals surface area contributed by atoms with Crippen LogP contribution in [0.25, 0.3) is 5.57 Å². The Hall–Kier alpha value is -1.47. The Morgan fingerprint density at radius 2 is 1.65 bits per heavy atom. The van der Waals surface area contributed by atoms with Crippen molar-refractivity contribution in [2.45, 2.75) is 27.7 Å². The number of aromatic nitrogens is 1. The van der Waals surface area contributed by atoms with Gasteiger partial charge in [-0.25, -0.2) is 0 Å². The predicted octanol–water partition coefficient (Wildman–Crippen LogP) is 6.54. The van der Waals surface area contributed by atoms with Gasteiger partial charge in [-0.3, -0.25) is 13.6 Å². The summed E-state index contributed by atoms with van der Waals surface area (Å²) >= 11 is 7.03. The van der Waals surface area contributed by atoms with Gasteiger partial charge in [0.05, 0.1) is 11.4 Å². The van der Waals surface area contributed by atoms with E-state index in [9.17, 15) is 8.63 Å². The molecule has 2 aromatic rings. The highest BCUT2D eigenvalue weighted by atomic mass is 79.9. The average molecular weight is 482 g/mol. The minimum atomic E-state index is -2.64. The van der Waals surface area contributed by atoms with E-state index in [4.69, 9.17) is 0 Å². The molecule has 1 aromatic carbocycles. The predicted molar refractivity (Wildman–Crippen MR) is 112 cm³/mol. The van der Waals surface area contributed by atoms with E-state index in [1.807, 2.05) is 51.1 Å². The van der Waals surface area contributed by atoms with Gasteiger partial charge in [-0.2, -0.15) is 0 Å². The lowest BCUT2D eigenvalue weighted by Crippen LogP contribution is -2.18. The third-order valence-electron chi connectivity index (χ3n) is 4.62. The molecule has 1 aliphatic heterocycles. The van der Waals surface area contributed by atoms with Crippen LogP contribution in [0.2, 0.25) is 0 Å². The van der Waals surface area contributed by atoms with Crippen LogP contribution in [0.1, 0.15) is 36.4 Å². The summed E-state index contributed by atoms with van der Waals surface area (Å²) in [6.07, 6.45) is 0. The topological polar surface area (TPSA) is 17.3 Å². The third-order valence-corrected chi connectivity index (χ3v) is 6.95. The second-order valence-electron chi connectivity index (χ2n) is 6.25. The zero-order valence-electron chi connectivity index (χ0n) is 14.9. The summed E-state index contributed by atoms with van der Waals surface area (Å²) in [4.78, 5) is 4.69. The van der Waals surface area contributed by atoms with E-state index in [0.29, 0.717) is 21.4 Å². The van der Waals surface area contributed by atoms with Crippen molar-refractivity contribution in [3.05, 3.63) is 73.1 Å².